The van der Waals surface area contributed by atoms with Gasteiger partial charge in [-0.2, -0.15) is 8.42 Å². The molecule has 3 aromatic rings. The zero-order chi connectivity index (χ0) is 25.8. The maximum Gasteiger partial charge on any atom is 0.422 e. The summed E-state index contributed by atoms with van der Waals surface area (Å²) >= 11 is 0. The Labute approximate surface area is 216 Å². The van der Waals surface area contributed by atoms with Crippen LogP contribution in [-0.4, -0.2) is 36.5 Å². The number of carbonyl (C=O) groups excluding carboxylic acids is 2. The molecule has 10 heteroatoms. The van der Waals surface area contributed by atoms with Gasteiger partial charge in [0.2, 0.25) is 0 Å². The van der Waals surface area contributed by atoms with E-state index in [2.05, 4.69) is 5.32 Å². The summed E-state index contributed by atoms with van der Waals surface area (Å²) in [5.74, 6) is -0.766. The van der Waals surface area contributed by atoms with Gasteiger partial charge in [-0.1, -0.05) is 60.7 Å². The normalized spacial score (nSPS) is 20.8. The number of hydrogen-bond donors (Lipinski definition) is 2. The first kappa shape index (κ1) is 25.0. The highest BCUT2D eigenvalue weighted by Crippen LogP contribution is 2.39. The molecule has 2 atom stereocenters. The quantitative estimate of drug-likeness (QED) is 0.431. The minimum absolute atomic E-state index is 0.000456. The Bertz CT molecular complexity index is 1350. The first-order valence-electron chi connectivity index (χ1n) is 12.3. The van der Waals surface area contributed by atoms with Gasteiger partial charge in [0.15, 0.2) is 0 Å². The molecule has 1 aromatic heterocycles. The van der Waals surface area contributed by atoms with E-state index in [9.17, 15) is 18.0 Å². The van der Waals surface area contributed by atoms with Gasteiger partial charge < -0.3 is 14.8 Å². The Balaban J connectivity index is 1.37. The molecular weight excluding hydrogens is 494 g/mol. The van der Waals surface area contributed by atoms with Crippen LogP contribution in [0.4, 0.5) is 4.79 Å². The number of rotatable bonds is 8. The maximum absolute atomic E-state index is 13.3. The standard InChI is InChI=1S/C27H29N3O6S/c31-26(35-17-19-7-3-1-4-8-19)25-24(21-15-22-11-12-23(16-21)28-22)13-14-30(25)37(33,34)29-27(32)36-18-20-9-5-2-6-10-20/h1-10,13-14,21-23,28H,11-12,15-18H2,(H,29,32). The molecule has 2 aromatic carbocycles. The molecule has 194 valence electrons. The Kier molecular flexibility index (Phi) is 7.29. The van der Waals surface area contributed by atoms with Gasteiger partial charge in [-0.05, 0) is 54.4 Å². The van der Waals surface area contributed by atoms with Gasteiger partial charge in [0.25, 0.3) is 0 Å². The summed E-state index contributed by atoms with van der Waals surface area (Å²) in [5.41, 5.74) is 2.01. The predicted octanol–water partition coefficient (Wildman–Crippen LogP) is 3.86. The molecule has 2 bridgehead atoms. The average Bonchev–Trinajstić information content (AvgIpc) is 3.51. The summed E-state index contributed by atoms with van der Waals surface area (Å²) in [6.45, 7) is -0.0999. The van der Waals surface area contributed by atoms with Crippen molar-refractivity contribution in [2.24, 2.45) is 0 Å². The van der Waals surface area contributed by atoms with E-state index in [1.165, 1.54) is 6.20 Å². The Morgan fingerprint density at radius 1 is 0.865 bits per heavy atom. The number of benzene rings is 2. The van der Waals surface area contributed by atoms with Crippen molar-refractivity contribution in [3.63, 3.8) is 0 Å². The number of fused-ring (bicyclic) bond motifs is 2. The Morgan fingerprint density at radius 3 is 2.03 bits per heavy atom. The number of hydrogen-bond acceptors (Lipinski definition) is 7. The number of nitrogens with zero attached hydrogens (tertiary/aromatic N) is 1. The van der Waals surface area contributed by atoms with E-state index in [0.717, 1.165) is 35.2 Å². The predicted molar refractivity (Wildman–Crippen MR) is 136 cm³/mol. The van der Waals surface area contributed by atoms with E-state index in [4.69, 9.17) is 9.47 Å². The largest absolute Gasteiger partial charge is 0.456 e. The zero-order valence-electron chi connectivity index (χ0n) is 20.2. The van der Waals surface area contributed by atoms with Crippen LogP contribution in [-0.2, 0) is 32.9 Å². The van der Waals surface area contributed by atoms with Crippen LogP contribution < -0.4 is 10.0 Å². The lowest BCUT2D eigenvalue weighted by molar-refractivity contribution is 0.0461. The van der Waals surface area contributed by atoms with Crippen LogP contribution in [0.15, 0.2) is 72.9 Å². The Morgan fingerprint density at radius 2 is 1.43 bits per heavy atom. The summed E-state index contributed by atoms with van der Waals surface area (Å²) in [7, 11) is -4.48. The number of esters is 1. The van der Waals surface area contributed by atoms with E-state index >= 15 is 0 Å². The molecule has 0 aliphatic carbocycles. The number of nitrogens with one attached hydrogen (secondary N) is 2. The SMILES string of the molecule is O=C(NS(=O)(=O)n1ccc(C2CC3CCC(C2)N3)c1C(=O)OCc1ccccc1)OCc1ccccc1. The lowest BCUT2D eigenvalue weighted by Gasteiger charge is -2.29. The van der Waals surface area contributed by atoms with Gasteiger partial charge in [0.1, 0.15) is 18.9 Å². The van der Waals surface area contributed by atoms with Crippen molar-refractivity contribution in [2.75, 3.05) is 0 Å². The van der Waals surface area contributed by atoms with Gasteiger partial charge in [-0.15, -0.1) is 0 Å². The van der Waals surface area contributed by atoms with Crippen LogP contribution in [0.2, 0.25) is 0 Å². The first-order valence-corrected chi connectivity index (χ1v) is 13.8. The molecule has 0 radical (unpaired) electrons. The highest BCUT2D eigenvalue weighted by Gasteiger charge is 2.38. The molecule has 2 fully saturated rings. The van der Waals surface area contributed by atoms with Crippen LogP contribution in [0.5, 0.6) is 0 Å². The molecule has 0 spiro atoms. The topological polar surface area (TPSA) is 116 Å². The van der Waals surface area contributed by atoms with Crippen molar-refractivity contribution in [1.82, 2.24) is 14.0 Å². The van der Waals surface area contributed by atoms with Crippen LogP contribution >= 0.6 is 0 Å². The molecule has 2 N–H and O–H groups in total. The lowest BCUT2D eigenvalue weighted by atomic mass is 9.86. The van der Waals surface area contributed by atoms with E-state index in [0.29, 0.717) is 23.2 Å². The third-order valence-electron chi connectivity index (χ3n) is 6.89. The fraction of sp³-hybridized carbons (Fsp3) is 0.333. The number of amides is 1. The van der Waals surface area contributed by atoms with Crippen molar-refractivity contribution in [1.29, 1.82) is 0 Å². The molecule has 5 rings (SSSR count). The van der Waals surface area contributed by atoms with Gasteiger partial charge in [-0.25, -0.2) is 18.3 Å². The van der Waals surface area contributed by atoms with Gasteiger partial charge in [0.05, 0.1) is 0 Å². The van der Waals surface area contributed by atoms with Crippen molar-refractivity contribution in [3.8, 4) is 0 Å². The minimum Gasteiger partial charge on any atom is -0.456 e. The van der Waals surface area contributed by atoms with Crippen LogP contribution in [0.1, 0.15) is 58.8 Å². The van der Waals surface area contributed by atoms with E-state index < -0.39 is 22.3 Å². The summed E-state index contributed by atoms with van der Waals surface area (Å²) < 4.78 is 39.8. The van der Waals surface area contributed by atoms with Gasteiger partial charge in [-0.3, -0.25) is 0 Å². The first-order chi connectivity index (χ1) is 17.9. The molecule has 3 heterocycles. The molecule has 2 saturated heterocycles. The molecule has 0 saturated carbocycles. The van der Waals surface area contributed by atoms with Crippen LogP contribution in [0, 0.1) is 0 Å². The number of ether oxygens (including phenoxy) is 2. The second-order valence-electron chi connectivity index (χ2n) is 9.45. The van der Waals surface area contributed by atoms with Gasteiger partial charge >= 0.3 is 22.3 Å². The van der Waals surface area contributed by atoms with Crippen LogP contribution in [0.25, 0.3) is 0 Å². The minimum atomic E-state index is -4.48. The molecule has 2 aliphatic heterocycles. The highest BCUT2D eigenvalue weighted by molar-refractivity contribution is 7.88. The fourth-order valence-corrected chi connectivity index (χ4v) is 6.19. The highest BCUT2D eigenvalue weighted by atomic mass is 32.2. The third-order valence-corrected chi connectivity index (χ3v) is 8.13. The van der Waals surface area contributed by atoms with Crippen LogP contribution in [0.3, 0.4) is 0 Å². The van der Waals surface area contributed by atoms with Crippen molar-refractivity contribution in [2.45, 2.75) is 56.9 Å². The molecule has 37 heavy (non-hydrogen) atoms. The number of aromatic nitrogens is 1. The molecule has 2 unspecified atom stereocenters. The fourth-order valence-electron chi connectivity index (χ4n) is 5.18. The average molecular weight is 524 g/mol. The summed E-state index contributed by atoms with van der Waals surface area (Å²) in [6, 6.07) is 20.4. The van der Waals surface area contributed by atoms with E-state index in [1.807, 2.05) is 41.1 Å². The van der Waals surface area contributed by atoms with Crippen molar-refractivity contribution in [3.05, 3.63) is 95.3 Å². The van der Waals surface area contributed by atoms with E-state index in [1.54, 1.807) is 30.3 Å². The van der Waals surface area contributed by atoms with Gasteiger partial charge in [0, 0.05) is 18.3 Å². The lowest BCUT2D eigenvalue weighted by Crippen LogP contribution is -2.38. The Hall–Kier alpha value is -3.63. The molecule has 9 nitrogen and oxygen atoms in total. The number of carbonyl (C=O) groups is 2. The summed E-state index contributed by atoms with van der Waals surface area (Å²) in [5, 5.41) is 3.56. The number of piperidine rings is 1. The summed E-state index contributed by atoms with van der Waals surface area (Å²) in [6.07, 6.45) is 3.87. The molecule has 2 aliphatic rings. The monoisotopic (exact) mass is 523 g/mol. The second-order valence-corrected chi connectivity index (χ2v) is 11.0. The smallest absolute Gasteiger partial charge is 0.422 e. The zero-order valence-corrected chi connectivity index (χ0v) is 21.0. The summed E-state index contributed by atoms with van der Waals surface area (Å²) in [4.78, 5) is 25.7. The molecular formula is C27H29N3O6S. The van der Waals surface area contributed by atoms with Crippen molar-refractivity contribution >= 4 is 22.3 Å². The second kappa shape index (κ2) is 10.8. The third kappa shape index (κ3) is 5.86. The van der Waals surface area contributed by atoms with E-state index in [-0.39, 0.29) is 24.8 Å². The van der Waals surface area contributed by atoms with Crippen molar-refractivity contribution < 1.29 is 27.5 Å². The maximum atomic E-state index is 13.3. The molecule has 1 amide bonds.